The second-order valence-corrected chi connectivity index (χ2v) is 3.59. The van der Waals surface area contributed by atoms with Gasteiger partial charge in [-0.25, -0.2) is 0 Å². The molecule has 4 heteroatoms. The highest BCUT2D eigenvalue weighted by atomic mass is 16.5. The maximum absolute atomic E-state index is 11.2. The Kier molecular flexibility index (Phi) is 6.20. The van der Waals surface area contributed by atoms with Crippen LogP contribution in [0.15, 0.2) is 24.3 Å². The largest absolute Gasteiger partial charge is 0.494 e. The molecule has 1 N–H and O–H groups in total. The summed E-state index contributed by atoms with van der Waals surface area (Å²) < 4.78 is 10.7. The van der Waals surface area contributed by atoms with E-state index in [1.54, 1.807) is 12.1 Å². The summed E-state index contributed by atoms with van der Waals surface area (Å²) in [6.45, 7) is 2.91. The summed E-state index contributed by atoms with van der Waals surface area (Å²) >= 11 is 0. The molecule has 0 aromatic heterocycles. The first-order chi connectivity index (χ1) is 8.76. The number of benzene rings is 1. The van der Waals surface area contributed by atoms with Crippen LogP contribution in [0.3, 0.4) is 0 Å². The number of ether oxygens (including phenoxy) is 2. The van der Waals surface area contributed by atoms with Gasteiger partial charge in [0.25, 0.3) is 5.91 Å². The molecule has 0 spiro atoms. The Morgan fingerprint density at radius 2 is 1.89 bits per heavy atom. The van der Waals surface area contributed by atoms with Gasteiger partial charge >= 0.3 is 0 Å². The quantitative estimate of drug-likeness (QED) is 0.744. The van der Waals surface area contributed by atoms with Gasteiger partial charge in [-0.1, -0.05) is 12.8 Å². The Labute approximate surface area is 107 Å². The lowest BCUT2D eigenvalue weighted by Crippen LogP contribution is -2.28. The molecule has 1 aromatic carbocycles. The second kappa shape index (κ2) is 8.02. The Hall–Kier alpha value is -2.15. The van der Waals surface area contributed by atoms with E-state index in [0.717, 1.165) is 12.2 Å². The van der Waals surface area contributed by atoms with Crippen molar-refractivity contribution in [2.45, 2.75) is 13.3 Å². The molecule has 0 fully saturated rings. The van der Waals surface area contributed by atoms with Gasteiger partial charge in [0.1, 0.15) is 11.5 Å². The summed E-state index contributed by atoms with van der Waals surface area (Å²) in [6, 6.07) is 7.15. The van der Waals surface area contributed by atoms with Gasteiger partial charge in [0.15, 0.2) is 6.61 Å². The van der Waals surface area contributed by atoms with E-state index in [1.165, 1.54) is 0 Å². The van der Waals surface area contributed by atoms with Crippen LogP contribution in [0.2, 0.25) is 0 Å². The molecule has 1 amide bonds. The van der Waals surface area contributed by atoms with Crippen LogP contribution in [-0.4, -0.2) is 25.7 Å². The van der Waals surface area contributed by atoms with E-state index >= 15 is 0 Å². The lowest BCUT2D eigenvalue weighted by molar-refractivity contribution is -0.122. The molecule has 4 nitrogen and oxygen atoms in total. The van der Waals surface area contributed by atoms with Crippen LogP contribution < -0.4 is 14.8 Å². The van der Waals surface area contributed by atoms with Crippen LogP contribution >= 0.6 is 0 Å². The average molecular weight is 247 g/mol. The number of terminal acetylenes is 1. The monoisotopic (exact) mass is 247 g/mol. The topological polar surface area (TPSA) is 47.6 Å². The van der Waals surface area contributed by atoms with E-state index in [1.807, 2.05) is 19.1 Å². The number of carbonyl (C=O) groups excluding carboxylic acids is 1. The molecule has 18 heavy (non-hydrogen) atoms. The lowest BCUT2D eigenvalue weighted by atomic mass is 10.3. The number of amides is 1. The standard InChI is InChI=1S/C14H17NO3/c1-3-9-15-14(16)11-18-13-7-5-12(6-8-13)17-10-4-2/h1,5-8H,4,9-11H2,2H3,(H,15,16). The Morgan fingerprint density at radius 1 is 1.28 bits per heavy atom. The van der Waals surface area contributed by atoms with E-state index in [-0.39, 0.29) is 19.1 Å². The molecule has 0 bridgehead atoms. The van der Waals surface area contributed by atoms with Crippen LogP contribution in [-0.2, 0) is 4.79 Å². The van der Waals surface area contributed by atoms with Crippen LogP contribution in [0.4, 0.5) is 0 Å². The molecule has 0 aliphatic rings. The summed E-state index contributed by atoms with van der Waals surface area (Å²) in [5, 5.41) is 2.52. The normalized spacial score (nSPS) is 9.33. The SMILES string of the molecule is C#CCNC(=O)COc1ccc(OCCC)cc1. The van der Waals surface area contributed by atoms with Gasteiger partial charge in [-0.3, -0.25) is 4.79 Å². The smallest absolute Gasteiger partial charge is 0.258 e. The Balaban J connectivity index is 2.35. The molecule has 0 aliphatic carbocycles. The van der Waals surface area contributed by atoms with Crippen molar-refractivity contribution in [2.24, 2.45) is 0 Å². The number of carbonyl (C=O) groups is 1. The third kappa shape index (κ3) is 5.26. The number of rotatable bonds is 7. The predicted molar refractivity (Wildman–Crippen MR) is 69.6 cm³/mol. The zero-order valence-electron chi connectivity index (χ0n) is 10.4. The number of nitrogens with one attached hydrogen (secondary N) is 1. The molecule has 1 aromatic rings. The van der Waals surface area contributed by atoms with Crippen LogP contribution in [0.1, 0.15) is 13.3 Å². The molecule has 0 radical (unpaired) electrons. The molecule has 0 unspecified atom stereocenters. The first kappa shape index (κ1) is 13.9. The van der Waals surface area contributed by atoms with Crippen LogP contribution in [0, 0.1) is 12.3 Å². The summed E-state index contributed by atoms with van der Waals surface area (Å²) in [6.07, 6.45) is 5.99. The summed E-state index contributed by atoms with van der Waals surface area (Å²) in [5.74, 6) is 3.50. The maximum atomic E-state index is 11.2. The highest BCUT2D eigenvalue weighted by Gasteiger charge is 2.01. The maximum Gasteiger partial charge on any atom is 0.258 e. The van der Waals surface area contributed by atoms with Crippen molar-refractivity contribution >= 4 is 5.91 Å². The van der Waals surface area contributed by atoms with E-state index in [9.17, 15) is 4.79 Å². The van der Waals surface area contributed by atoms with Gasteiger partial charge in [-0.15, -0.1) is 6.42 Å². The van der Waals surface area contributed by atoms with E-state index in [2.05, 4.69) is 11.2 Å². The molecule has 96 valence electrons. The fraction of sp³-hybridized carbons (Fsp3) is 0.357. The van der Waals surface area contributed by atoms with Crippen LogP contribution in [0.5, 0.6) is 11.5 Å². The Bertz CT molecular complexity index is 406. The number of hydrogen-bond donors (Lipinski definition) is 1. The minimum absolute atomic E-state index is 0.0448. The molecular formula is C14H17NO3. The molecule has 0 aliphatic heterocycles. The van der Waals surface area contributed by atoms with Gasteiger partial charge < -0.3 is 14.8 Å². The van der Waals surface area contributed by atoms with Gasteiger partial charge in [0.2, 0.25) is 0 Å². The van der Waals surface area contributed by atoms with Crippen molar-refractivity contribution in [3.8, 4) is 23.8 Å². The zero-order valence-corrected chi connectivity index (χ0v) is 10.4. The first-order valence-electron chi connectivity index (χ1n) is 5.82. The van der Waals surface area contributed by atoms with Gasteiger partial charge in [0, 0.05) is 0 Å². The van der Waals surface area contributed by atoms with Crippen molar-refractivity contribution < 1.29 is 14.3 Å². The highest BCUT2D eigenvalue weighted by Crippen LogP contribution is 2.17. The van der Waals surface area contributed by atoms with Crippen molar-refractivity contribution in [3.05, 3.63) is 24.3 Å². The predicted octanol–water partition coefficient (Wildman–Crippen LogP) is 1.60. The number of hydrogen-bond acceptors (Lipinski definition) is 3. The zero-order chi connectivity index (χ0) is 13.2. The van der Waals surface area contributed by atoms with Gasteiger partial charge in [-0.05, 0) is 30.7 Å². The molecule has 1 rings (SSSR count). The Morgan fingerprint density at radius 3 is 2.44 bits per heavy atom. The third-order valence-corrected chi connectivity index (χ3v) is 2.05. The second-order valence-electron chi connectivity index (χ2n) is 3.59. The minimum Gasteiger partial charge on any atom is -0.494 e. The van der Waals surface area contributed by atoms with Gasteiger partial charge in [0.05, 0.1) is 13.2 Å². The van der Waals surface area contributed by atoms with E-state index < -0.39 is 0 Å². The molecule has 0 atom stereocenters. The minimum atomic E-state index is -0.237. The summed E-state index contributed by atoms with van der Waals surface area (Å²) in [7, 11) is 0. The third-order valence-electron chi connectivity index (χ3n) is 2.05. The van der Waals surface area contributed by atoms with Crippen LogP contribution in [0.25, 0.3) is 0 Å². The van der Waals surface area contributed by atoms with Gasteiger partial charge in [-0.2, -0.15) is 0 Å². The molecule has 0 saturated heterocycles. The van der Waals surface area contributed by atoms with Crippen molar-refractivity contribution in [1.82, 2.24) is 5.32 Å². The van der Waals surface area contributed by atoms with E-state index in [0.29, 0.717) is 12.4 Å². The van der Waals surface area contributed by atoms with E-state index in [4.69, 9.17) is 15.9 Å². The fourth-order valence-corrected chi connectivity index (χ4v) is 1.20. The molecule has 0 saturated carbocycles. The molecular weight excluding hydrogens is 230 g/mol. The summed E-state index contributed by atoms with van der Waals surface area (Å²) in [4.78, 5) is 11.2. The first-order valence-corrected chi connectivity index (χ1v) is 5.82. The van der Waals surface area contributed by atoms with Crippen molar-refractivity contribution in [1.29, 1.82) is 0 Å². The summed E-state index contributed by atoms with van der Waals surface area (Å²) in [5.41, 5.74) is 0. The lowest BCUT2D eigenvalue weighted by Gasteiger charge is -2.07. The van der Waals surface area contributed by atoms with Crippen molar-refractivity contribution in [3.63, 3.8) is 0 Å². The fourth-order valence-electron chi connectivity index (χ4n) is 1.20. The highest BCUT2D eigenvalue weighted by molar-refractivity contribution is 5.77. The van der Waals surface area contributed by atoms with Crippen molar-refractivity contribution in [2.75, 3.05) is 19.8 Å². The average Bonchev–Trinajstić information content (AvgIpc) is 2.41. The molecule has 0 heterocycles.